The van der Waals surface area contributed by atoms with E-state index in [0.717, 1.165) is 11.3 Å². The molecule has 0 N–H and O–H groups in total. The third-order valence-electron chi connectivity index (χ3n) is 4.35. The van der Waals surface area contributed by atoms with E-state index in [0.29, 0.717) is 20.5 Å². The lowest BCUT2D eigenvalue weighted by Gasteiger charge is -2.24. The first kappa shape index (κ1) is 18.8. The van der Waals surface area contributed by atoms with Gasteiger partial charge in [-0.05, 0) is 64.4 Å². The highest BCUT2D eigenvalue weighted by atomic mass is 79.9. The topological polar surface area (TPSA) is 45.8 Å². The van der Waals surface area contributed by atoms with Crippen molar-refractivity contribution in [3.05, 3.63) is 93.7 Å². The van der Waals surface area contributed by atoms with Gasteiger partial charge in [-0.2, -0.15) is 0 Å². The van der Waals surface area contributed by atoms with Gasteiger partial charge in [0.25, 0.3) is 5.91 Å². The van der Waals surface area contributed by atoms with Crippen LogP contribution >= 0.6 is 27.7 Å². The Morgan fingerprint density at radius 1 is 1.04 bits per heavy atom. The van der Waals surface area contributed by atoms with E-state index in [1.54, 1.807) is 17.0 Å². The lowest BCUT2D eigenvalue weighted by molar-refractivity contribution is -0.123. The molecule has 1 saturated heterocycles. The Kier molecular flexibility index (Phi) is 5.50. The Labute approximate surface area is 176 Å². The second kappa shape index (κ2) is 8.20. The second-order valence-corrected chi connectivity index (χ2v) is 8.03. The number of nitrogens with zero attached hydrogens (tertiary/aromatic N) is 2. The third-order valence-corrected chi connectivity index (χ3v) is 5.76. The zero-order chi connectivity index (χ0) is 19.5. The molecule has 4 nitrogen and oxygen atoms in total. The zero-order valence-electron chi connectivity index (χ0n) is 15.1. The number of amidine groups is 1. The number of carbonyl (C=O) groups is 1. The highest BCUT2D eigenvalue weighted by Gasteiger charge is 2.37. The van der Waals surface area contributed by atoms with Gasteiger partial charge >= 0.3 is 0 Å². The highest BCUT2D eigenvalue weighted by molar-refractivity contribution is 9.10. The molecule has 1 aromatic heterocycles. The SMILES string of the molecule is C[C@@H](c1ccccc1)N1C(=O)/C(=C\c2ccc(Br)o2)SC1=Nc1ccccc1. The van der Waals surface area contributed by atoms with E-state index in [9.17, 15) is 4.79 Å². The lowest BCUT2D eigenvalue weighted by atomic mass is 10.1. The summed E-state index contributed by atoms with van der Waals surface area (Å²) >= 11 is 4.66. The first-order valence-electron chi connectivity index (χ1n) is 8.79. The Balaban J connectivity index is 1.74. The standard InChI is InChI=1S/C22H17BrN2O2S/c1-15(16-8-4-2-5-9-16)25-21(26)19(14-18-12-13-20(23)27-18)28-22(25)24-17-10-6-3-7-11-17/h2-15H,1H3/b19-14+,24-22?/t15-/m0/s1. The molecule has 2 aromatic carbocycles. The van der Waals surface area contributed by atoms with Crippen LogP contribution < -0.4 is 0 Å². The quantitative estimate of drug-likeness (QED) is 0.429. The summed E-state index contributed by atoms with van der Waals surface area (Å²) in [7, 11) is 0. The van der Waals surface area contributed by atoms with Gasteiger partial charge in [-0.3, -0.25) is 9.69 Å². The molecule has 1 amide bonds. The molecule has 2 heterocycles. The molecule has 140 valence electrons. The molecule has 0 aliphatic carbocycles. The van der Waals surface area contributed by atoms with Crippen LogP contribution in [-0.2, 0) is 4.79 Å². The van der Waals surface area contributed by atoms with E-state index in [1.807, 2.05) is 73.7 Å². The van der Waals surface area contributed by atoms with Crippen molar-refractivity contribution in [2.45, 2.75) is 13.0 Å². The van der Waals surface area contributed by atoms with Crippen molar-refractivity contribution >= 4 is 50.5 Å². The van der Waals surface area contributed by atoms with Crippen LogP contribution in [0.4, 0.5) is 5.69 Å². The van der Waals surface area contributed by atoms with Crippen LogP contribution in [0.5, 0.6) is 0 Å². The number of carbonyl (C=O) groups excluding carboxylic acids is 1. The summed E-state index contributed by atoms with van der Waals surface area (Å²) in [6, 6.07) is 23.1. The minimum Gasteiger partial charge on any atom is -0.450 e. The first-order chi connectivity index (χ1) is 13.6. The molecule has 4 rings (SSSR count). The van der Waals surface area contributed by atoms with E-state index in [2.05, 4.69) is 15.9 Å². The summed E-state index contributed by atoms with van der Waals surface area (Å²) in [6.45, 7) is 2.01. The normalized spacial score (nSPS) is 18.2. The molecule has 0 spiro atoms. The van der Waals surface area contributed by atoms with E-state index in [-0.39, 0.29) is 11.9 Å². The summed E-state index contributed by atoms with van der Waals surface area (Å²) in [5.41, 5.74) is 1.87. The average Bonchev–Trinajstić information content (AvgIpc) is 3.26. The smallest absolute Gasteiger partial charge is 0.267 e. The van der Waals surface area contributed by atoms with Crippen LogP contribution in [0, 0.1) is 0 Å². The van der Waals surface area contributed by atoms with Gasteiger partial charge in [0.1, 0.15) is 5.76 Å². The summed E-state index contributed by atoms with van der Waals surface area (Å²) in [5.74, 6) is 0.541. The van der Waals surface area contributed by atoms with Crippen molar-refractivity contribution in [2.75, 3.05) is 0 Å². The Morgan fingerprint density at radius 3 is 2.36 bits per heavy atom. The Bertz CT molecular complexity index is 1040. The third kappa shape index (κ3) is 3.98. The number of rotatable bonds is 4. The predicted molar refractivity (Wildman–Crippen MR) is 117 cm³/mol. The van der Waals surface area contributed by atoms with Gasteiger partial charge in [0.2, 0.25) is 0 Å². The van der Waals surface area contributed by atoms with Crippen molar-refractivity contribution < 1.29 is 9.21 Å². The minimum atomic E-state index is -0.141. The zero-order valence-corrected chi connectivity index (χ0v) is 17.5. The van der Waals surface area contributed by atoms with Gasteiger partial charge < -0.3 is 4.42 Å². The van der Waals surface area contributed by atoms with Crippen molar-refractivity contribution in [1.82, 2.24) is 4.90 Å². The predicted octanol–water partition coefficient (Wildman–Crippen LogP) is 6.41. The molecule has 3 aromatic rings. The average molecular weight is 453 g/mol. The number of halogens is 1. The maximum Gasteiger partial charge on any atom is 0.267 e. The molecule has 0 radical (unpaired) electrons. The first-order valence-corrected chi connectivity index (χ1v) is 10.4. The van der Waals surface area contributed by atoms with Crippen LogP contribution in [0.1, 0.15) is 24.3 Å². The fourth-order valence-electron chi connectivity index (χ4n) is 2.93. The summed E-state index contributed by atoms with van der Waals surface area (Å²) in [6.07, 6.45) is 1.76. The number of thioether (sulfide) groups is 1. The molecule has 1 fully saturated rings. The Hall–Kier alpha value is -2.57. The number of furan rings is 1. The van der Waals surface area contributed by atoms with Crippen LogP contribution in [-0.4, -0.2) is 16.0 Å². The van der Waals surface area contributed by atoms with E-state index in [4.69, 9.17) is 9.41 Å². The van der Waals surface area contributed by atoms with Crippen LogP contribution in [0.15, 0.2) is 91.8 Å². The number of hydrogen-bond donors (Lipinski definition) is 0. The summed E-state index contributed by atoms with van der Waals surface area (Å²) < 4.78 is 6.17. The fraction of sp³-hybridized carbons (Fsp3) is 0.0909. The molecule has 0 bridgehead atoms. The fourth-order valence-corrected chi connectivity index (χ4v) is 4.30. The van der Waals surface area contributed by atoms with Crippen molar-refractivity contribution in [3.8, 4) is 0 Å². The molecule has 0 unspecified atom stereocenters. The molecule has 6 heteroatoms. The number of para-hydroxylation sites is 1. The maximum atomic E-state index is 13.2. The second-order valence-electron chi connectivity index (χ2n) is 6.24. The number of benzene rings is 2. The van der Waals surface area contributed by atoms with Gasteiger partial charge in [-0.25, -0.2) is 4.99 Å². The minimum absolute atomic E-state index is 0.0800. The molecular weight excluding hydrogens is 436 g/mol. The van der Waals surface area contributed by atoms with Gasteiger partial charge in [0.05, 0.1) is 16.6 Å². The van der Waals surface area contributed by atoms with E-state index in [1.165, 1.54) is 11.8 Å². The van der Waals surface area contributed by atoms with Crippen molar-refractivity contribution in [2.24, 2.45) is 4.99 Å². The van der Waals surface area contributed by atoms with Gasteiger partial charge in [0, 0.05) is 6.08 Å². The molecule has 1 aliphatic heterocycles. The van der Waals surface area contributed by atoms with Gasteiger partial charge in [-0.1, -0.05) is 48.5 Å². The van der Waals surface area contributed by atoms with E-state index < -0.39 is 0 Å². The maximum absolute atomic E-state index is 13.2. The van der Waals surface area contributed by atoms with Crippen LogP contribution in [0.3, 0.4) is 0 Å². The molecule has 0 saturated carbocycles. The van der Waals surface area contributed by atoms with Gasteiger partial charge in [0.15, 0.2) is 9.84 Å². The number of hydrogen-bond acceptors (Lipinski definition) is 4. The van der Waals surface area contributed by atoms with Crippen LogP contribution in [0.25, 0.3) is 6.08 Å². The van der Waals surface area contributed by atoms with Gasteiger partial charge in [-0.15, -0.1) is 0 Å². The van der Waals surface area contributed by atoms with Crippen molar-refractivity contribution in [1.29, 1.82) is 0 Å². The highest BCUT2D eigenvalue weighted by Crippen LogP contribution is 2.39. The largest absolute Gasteiger partial charge is 0.450 e. The molecular formula is C22H17BrN2O2S. The lowest BCUT2D eigenvalue weighted by Crippen LogP contribution is -2.32. The van der Waals surface area contributed by atoms with Crippen molar-refractivity contribution in [3.63, 3.8) is 0 Å². The summed E-state index contributed by atoms with van der Waals surface area (Å²) in [4.78, 5) is 20.3. The van der Waals surface area contributed by atoms with Crippen LogP contribution in [0.2, 0.25) is 0 Å². The molecule has 1 atom stereocenters. The molecule has 1 aliphatic rings. The van der Waals surface area contributed by atoms with E-state index >= 15 is 0 Å². The monoisotopic (exact) mass is 452 g/mol. The number of aliphatic imine (C=N–C) groups is 1. The number of amides is 1. The Morgan fingerprint density at radius 2 is 1.71 bits per heavy atom. The molecule has 28 heavy (non-hydrogen) atoms. The summed E-state index contributed by atoms with van der Waals surface area (Å²) in [5, 5.41) is 0.657.